The van der Waals surface area contributed by atoms with Crippen LogP contribution in [0.2, 0.25) is 0 Å². The summed E-state index contributed by atoms with van der Waals surface area (Å²) in [6.45, 7) is 3.17. The highest BCUT2D eigenvalue weighted by Crippen LogP contribution is 2.26. The summed E-state index contributed by atoms with van der Waals surface area (Å²) in [4.78, 5) is 23.5. The molecular weight excluding hydrogens is 354 g/mol. The number of nitrogens with one attached hydrogen (secondary N) is 2. The molecule has 1 aromatic carbocycles. The monoisotopic (exact) mass is 373 g/mol. The summed E-state index contributed by atoms with van der Waals surface area (Å²) in [5.74, 6) is 2.20. The third kappa shape index (κ3) is 3.25. The zero-order valence-electron chi connectivity index (χ0n) is 15.2. The zero-order chi connectivity index (χ0) is 18.8. The van der Waals surface area contributed by atoms with Crippen molar-refractivity contribution >= 4 is 28.5 Å². The Morgan fingerprint density at radius 2 is 1.82 bits per heavy atom. The van der Waals surface area contributed by atoms with Gasteiger partial charge in [-0.25, -0.2) is 19.9 Å². The first-order valence-corrected chi connectivity index (χ1v) is 9.19. The van der Waals surface area contributed by atoms with E-state index in [2.05, 4.69) is 30.2 Å². The molecule has 0 unspecified atom stereocenters. The number of para-hydroxylation sites is 1. The number of imidazole rings is 1. The SMILES string of the molecule is c1ccc(Nc2nc(-c3ccc(N4CCOCC4)nc3)nc3nc[nH]c23)cc1. The van der Waals surface area contributed by atoms with Gasteiger partial charge in [0.1, 0.15) is 11.3 Å². The van der Waals surface area contributed by atoms with Crippen molar-refractivity contribution in [2.75, 3.05) is 36.5 Å². The maximum Gasteiger partial charge on any atom is 0.183 e. The van der Waals surface area contributed by atoms with Crippen LogP contribution in [0.25, 0.3) is 22.6 Å². The van der Waals surface area contributed by atoms with Gasteiger partial charge in [0.05, 0.1) is 19.5 Å². The van der Waals surface area contributed by atoms with Crippen molar-refractivity contribution in [2.24, 2.45) is 0 Å². The van der Waals surface area contributed by atoms with Gasteiger partial charge in [0, 0.05) is 30.5 Å². The van der Waals surface area contributed by atoms with Crippen LogP contribution in [0.1, 0.15) is 0 Å². The molecule has 0 bridgehead atoms. The van der Waals surface area contributed by atoms with Crippen molar-refractivity contribution in [3.8, 4) is 11.4 Å². The quantitative estimate of drug-likeness (QED) is 0.568. The fraction of sp³-hybridized carbons (Fsp3) is 0.200. The van der Waals surface area contributed by atoms with Gasteiger partial charge in [-0.1, -0.05) is 18.2 Å². The van der Waals surface area contributed by atoms with E-state index in [0.29, 0.717) is 17.3 Å². The van der Waals surface area contributed by atoms with Gasteiger partial charge in [0.25, 0.3) is 0 Å². The Bertz CT molecular complexity index is 1070. The van der Waals surface area contributed by atoms with E-state index in [-0.39, 0.29) is 0 Å². The number of H-pyrrole nitrogens is 1. The molecule has 5 rings (SSSR count). The third-order valence-corrected chi connectivity index (χ3v) is 4.66. The number of fused-ring (bicyclic) bond motifs is 1. The number of ether oxygens (including phenoxy) is 1. The Kier molecular flexibility index (Phi) is 4.30. The molecule has 0 amide bonds. The van der Waals surface area contributed by atoms with E-state index in [1.165, 1.54) is 0 Å². The van der Waals surface area contributed by atoms with Gasteiger partial charge >= 0.3 is 0 Å². The van der Waals surface area contributed by atoms with Gasteiger partial charge < -0.3 is 19.9 Å². The number of rotatable bonds is 4. The Labute approximate surface area is 161 Å². The number of morpholine rings is 1. The maximum absolute atomic E-state index is 5.40. The second-order valence-electron chi connectivity index (χ2n) is 6.49. The maximum atomic E-state index is 5.40. The lowest BCUT2D eigenvalue weighted by atomic mass is 10.2. The molecule has 0 atom stereocenters. The Hall–Kier alpha value is -3.52. The fourth-order valence-electron chi connectivity index (χ4n) is 3.21. The van der Waals surface area contributed by atoms with Crippen LogP contribution < -0.4 is 10.2 Å². The molecule has 0 saturated carbocycles. The van der Waals surface area contributed by atoms with Gasteiger partial charge in [-0.15, -0.1) is 0 Å². The van der Waals surface area contributed by atoms with E-state index < -0.39 is 0 Å². The van der Waals surface area contributed by atoms with Crippen molar-refractivity contribution in [3.63, 3.8) is 0 Å². The Balaban J connectivity index is 1.48. The summed E-state index contributed by atoms with van der Waals surface area (Å²) in [6, 6.07) is 13.9. The first-order chi connectivity index (χ1) is 13.9. The van der Waals surface area contributed by atoms with Gasteiger partial charge in [0.2, 0.25) is 0 Å². The van der Waals surface area contributed by atoms with Crippen LogP contribution in [0, 0.1) is 0 Å². The van der Waals surface area contributed by atoms with Crippen molar-refractivity contribution < 1.29 is 4.74 Å². The first-order valence-electron chi connectivity index (χ1n) is 9.19. The van der Waals surface area contributed by atoms with Crippen molar-refractivity contribution in [1.29, 1.82) is 0 Å². The summed E-state index contributed by atoms with van der Waals surface area (Å²) < 4.78 is 5.40. The number of nitrogens with zero attached hydrogens (tertiary/aromatic N) is 5. The molecule has 0 radical (unpaired) electrons. The zero-order valence-corrected chi connectivity index (χ0v) is 15.2. The first kappa shape index (κ1) is 16.6. The summed E-state index contributed by atoms with van der Waals surface area (Å²) in [5, 5.41) is 3.34. The summed E-state index contributed by atoms with van der Waals surface area (Å²) in [5.41, 5.74) is 3.17. The third-order valence-electron chi connectivity index (χ3n) is 4.66. The van der Waals surface area contributed by atoms with Crippen LogP contribution in [0.5, 0.6) is 0 Å². The topological polar surface area (TPSA) is 91.8 Å². The largest absolute Gasteiger partial charge is 0.378 e. The summed E-state index contributed by atoms with van der Waals surface area (Å²) in [7, 11) is 0. The Morgan fingerprint density at radius 1 is 0.964 bits per heavy atom. The fourth-order valence-corrected chi connectivity index (χ4v) is 3.21. The molecule has 3 aromatic heterocycles. The molecule has 28 heavy (non-hydrogen) atoms. The van der Waals surface area contributed by atoms with E-state index >= 15 is 0 Å². The predicted molar refractivity (Wildman–Crippen MR) is 108 cm³/mol. The van der Waals surface area contributed by atoms with Crippen LogP contribution in [0.15, 0.2) is 55.0 Å². The number of aromatic amines is 1. The number of pyridine rings is 1. The van der Waals surface area contributed by atoms with Crippen molar-refractivity contribution in [3.05, 3.63) is 55.0 Å². The number of anilines is 3. The second-order valence-corrected chi connectivity index (χ2v) is 6.49. The minimum Gasteiger partial charge on any atom is -0.378 e. The number of hydrogen-bond acceptors (Lipinski definition) is 7. The molecule has 140 valence electrons. The number of hydrogen-bond donors (Lipinski definition) is 2. The van der Waals surface area contributed by atoms with Crippen LogP contribution in [0.3, 0.4) is 0 Å². The van der Waals surface area contributed by atoms with Crippen molar-refractivity contribution in [2.45, 2.75) is 0 Å². The minimum absolute atomic E-state index is 0.582. The summed E-state index contributed by atoms with van der Waals surface area (Å²) in [6.07, 6.45) is 3.43. The second kappa shape index (κ2) is 7.24. The van der Waals surface area contributed by atoms with Gasteiger partial charge in [0.15, 0.2) is 17.3 Å². The minimum atomic E-state index is 0.582. The van der Waals surface area contributed by atoms with Crippen LogP contribution >= 0.6 is 0 Å². The van der Waals surface area contributed by atoms with Crippen LogP contribution in [-0.4, -0.2) is 51.2 Å². The normalized spacial score (nSPS) is 14.4. The van der Waals surface area contributed by atoms with E-state index in [1.54, 1.807) is 6.33 Å². The summed E-state index contributed by atoms with van der Waals surface area (Å²) >= 11 is 0. The van der Waals surface area contributed by atoms with Gasteiger partial charge in [-0.05, 0) is 24.3 Å². The molecule has 1 saturated heterocycles. The van der Waals surface area contributed by atoms with Gasteiger partial charge in [-0.3, -0.25) is 0 Å². The molecule has 8 nitrogen and oxygen atoms in total. The molecule has 4 heterocycles. The van der Waals surface area contributed by atoms with E-state index in [0.717, 1.165) is 48.9 Å². The smallest absolute Gasteiger partial charge is 0.183 e. The molecule has 0 spiro atoms. The molecule has 8 heteroatoms. The molecule has 1 fully saturated rings. The van der Waals surface area contributed by atoms with E-state index in [1.807, 2.05) is 48.7 Å². The molecule has 2 N–H and O–H groups in total. The number of benzene rings is 1. The highest BCUT2D eigenvalue weighted by molar-refractivity contribution is 5.86. The highest BCUT2D eigenvalue weighted by Gasteiger charge is 2.15. The number of aromatic nitrogens is 5. The highest BCUT2D eigenvalue weighted by atomic mass is 16.5. The molecular formula is C20H19N7O. The average Bonchev–Trinajstić information content (AvgIpc) is 3.24. The average molecular weight is 373 g/mol. The standard InChI is InChI=1S/C20H19N7O/c1-2-4-15(5-3-1)24-20-17-19(23-13-22-17)25-18(26-20)14-6-7-16(21-12-14)27-8-10-28-11-9-27/h1-7,12-13H,8-11H2,(H2,22,23,24,25,26). The lowest BCUT2D eigenvalue weighted by Gasteiger charge is -2.27. The van der Waals surface area contributed by atoms with E-state index in [4.69, 9.17) is 9.72 Å². The molecule has 1 aliphatic rings. The Morgan fingerprint density at radius 3 is 2.61 bits per heavy atom. The van der Waals surface area contributed by atoms with Crippen LogP contribution in [-0.2, 0) is 4.74 Å². The lowest BCUT2D eigenvalue weighted by Crippen LogP contribution is -2.36. The lowest BCUT2D eigenvalue weighted by molar-refractivity contribution is 0.122. The molecule has 4 aromatic rings. The molecule has 1 aliphatic heterocycles. The van der Waals surface area contributed by atoms with Crippen molar-refractivity contribution in [1.82, 2.24) is 24.9 Å². The molecule has 0 aliphatic carbocycles. The van der Waals surface area contributed by atoms with Crippen LogP contribution in [0.4, 0.5) is 17.3 Å². The predicted octanol–water partition coefficient (Wildman–Crippen LogP) is 3.00. The van der Waals surface area contributed by atoms with Gasteiger partial charge in [-0.2, -0.15) is 0 Å². The van der Waals surface area contributed by atoms with E-state index in [9.17, 15) is 0 Å².